The van der Waals surface area contributed by atoms with Crippen molar-refractivity contribution in [1.82, 2.24) is 4.90 Å². The summed E-state index contributed by atoms with van der Waals surface area (Å²) in [4.78, 5) is 14.1. The minimum absolute atomic E-state index is 0.0125. The van der Waals surface area contributed by atoms with Gasteiger partial charge in [-0.15, -0.1) is 0 Å². The first-order valence-electron chi connectivity index (χ1n) is 6.99. The summed E-state index contributed by atoms with van der Waals surface area (Å²) in [6.07, 6.45) is 4.01. The molecule has 1 fully saturated rings. The Morgan fingerprint density at radius 3 is 2.35 bits per heavy atom. The molecule has 0 aromatic heterocycles. The van der Waals surface area contributed by atoms with Crippen molar-refractivity contribution in [2.24, 2.45) is 0 Å². The van der Waals surface area contributed by atoms with Crippen LogP contribution in [0.5, 0.6) is 0 Å². The van der Waals surface area contributed by atoms with Crippen LogP contribution in [-0.2, 0) is 9.84 Å². The Bertz CT molecular complexity index is 548. The van der Waals surface area contributed by atoms with Crippen LogP contribution in [0.1, 0.15) is 36.0 Å². The van der Waals surface area contributed by atoms with Crippen LogP contribution in [0.3, 0.4) is 0 Å². The second kappa shape index (κ2) is 6.50. The highest BCUT2D eigenvalue weighted by atomic mass is 32.2. The minimum Gasteiger partial charge on any atom is -0.294 e. The van der Waals surface area contributed by atoms with Gasteiger partial charge in [-0.2, -0.15) is 0 Å². The van der Waals surface area contributed by atoms with Gasteiger partial charge in [0.25, 0.3) is 0 Å². The molecule has 20 heavy (non-hydrogen) atoms. The van der Waals surface area contributed by atoms with E-state index in [1.165, 1.54) is 6.26 Å². The van der Waals surface area contributed by atoms with Gasteiger partial charge in [0.15, 0.2) is 15.6 Å². The zero-order valence-corrected chi connectivity index (χ0v) is 12.6. The maximum absolute atomic E-state index is 12.1. The lowest BCUT2D eigenvalue weighted by Gasteiger charge is -2.25. The Hall–Kier alpha value is -1.20. The summed E-state index contributed by atoms with van der Waals surface area (Å²) >= 11 is 0. The van der Waals surface area contributed by atoms with Crippen LogP contribution in [-0.4, -0.2) is 43.8 Å². The molecule has 1 atom stereocenters. The van der Waals surface area contributed by atoms with Crippen LogP contribution in [0.15, 0.2) is 30.3 Å². The Balaban J connectivity index is 2.00. The van der Waals surface area contributed by atoms with E-state index < -0.39 is 15.2 Å². The predicted molar refractivity (Wildman–Crippen MR) is 79.4 cm³/mol. The highest BCUT2D eigenvalue weighted by molar-refractivity contribution is 7.91. The number of carbonyl (C=O) groups excluding carboxylic acids is 1. The van der Waals surface area contributed by atoms with Gasteiger partial charge < -0.3 is 0 Å². The summed E-state index contributed by atoms with van der Waals surface area (Å²) < 4.78 is 23.8. The highest BCUT2D eigenvalue weighted by Crippen LogP contribution is 2.20. The first kappa shape index (κ1) is 15.2. The fourth-order valence-corrected chi connectivity index (χ4v) is 4.02. The van der Waals surface area contributed by atoms with Gasteiger partial charge in [-0.25, -0.2) is 8.42 Å². The molecule has 1 aromatic rings. The van der Waals surface area contributed by atoms with E-state index in [1.807, 2.05) is 23.1 Å². The number of carbonyl (C=O) groups is 1. The molecule has 0 spiro atoms. The molecule has 0 saturated carbocycles. The molecular formula is C15H21NO3S. The molecule has 0 aliphatic carbocycles. The van der Waals surface area contributed by atoms with Crippen LogP contribution in [0.2, 0.25) is 0 Å². The minimum atomic E-state index is -3.15. The number of Topliss-reactive ketones (excluding diaryl/α,β-unsaturated/α-hetero) is 1. The van der Waals surface area contributed by atoms with E-state index in [9.17, 15) is 13.2 Å². The van der Waals surface area contributed by atoms with E-state index in [2.05, 4.69) is 0 Å². The second-order valence-corrected chi connectivity index (χ2v) is 7.56. The predicted octanol–water partition coefficient (Wildman–Crippen LogP) is 2.12. The number of hydrogen-bond acceptors (Lipinski definition) is 4. The van der Waals surface area contributed by atoms with Crippen molar-refractivity contribution < 1.29 is 13.2 Å². The maximum Gasteiger partial charge on any atom is 0.163 e. The first-order valence-corrected chi connectivity index (χ1v) is 8.95. The topological polar surface area (TPSA) is 54.5 Å². The Labute approximate surface area is 120 Å². The van der Waals surface area contributed by atoms with E-state index in [-0.39, 0.29) is 12.2 Å². The number of sulfone groups is 1. The fraction of sp³-hybridized carbons (Fsp3) is 0.533. The maximum atomic E-state index is 12.1. The molecular weight excluding hydrogens is 274 g/mol. The van der Waals surface area contributed by atoms with Crippen LogP contribution in [0.4, 0.5) is 0 Å². The molecule has 1 aliphatic heterocycles. The summed E-state index contributed by atoms with van der Waals surface area (Å²) in [6.45, 7) is 1.63. The Morgan fingerprint density at radius 2 is 1.80 bits per heavy atom. The van der Waals surface area contributed by atoms with Gasteiger partial charge in [-0.3, -0.25) is 9.69 Å². The van der Waals surface area contributed by atoms with Crippen LogP contribution in [0, 0.1) is 0 Å². The van der Waals surface area contributed by atoms with Gasteiger partial charge in [0.1, 0.15) is 5.37 Å². The molecule has 1 aliphatic rings. The van der Waals surface area contributed by atoms with Gasteiger partial charge in [0.05, 0.1) is 0 Å². The summed E-state index contributed by atoms with van der Waals surface area (Å²) in [6, 6.07) is 9.05. The average molecular weight is 295 g/mol. The van der Waals surface area contributed by atoms with Crippen LogP contribution in [0.25, 0.3) is 0 Å². The lowest BCUT2D eigenvalue weighted by Crippen LogP contribution is -2.39. The van der Waals surface area contributed by atoms with Gasteiger partial charge in [-0.05, 0) is 32.4 Å². The second-order valence-electron chi connectivity index (χ2n) is 5.36. The lowest BCUT2D eigenvalue weighted by molar-refractivity contribution is 0.0973. The molecule has 1 heterocycles. The largest absolute Gasteiger partial charge is 0.294 e. The van der Waals surface area contributed by atoms with E-state index >= 15 is 0 Å². The number of benzene rings is 1. The van der Waals surface area contributed by atoms with Gasteiger partial charge in [0, 0.05) is 18.2 Å². The summed E-state index contributed by atoms with van der Waals surface area (Å²) in [7, 11) is -3.15. The zero-order chi connectivity index (χ0) is 14.6. The molecule has 2 rings (SSSR count). The monoisotopic (exact) mass is 295 g/mol. The molecule has 0 N–H and O–H groups in total. The number of rotatable bonds is 6. The van der Waals surface area contributed by atoms with Crippen molar-refractivity contribution in [2.45, 2.75) is 31.1 Å². The third-order valence-corrected chi connectivity index (χ3v) is 5.28. The van der Waals surface area contributed by atoms with Gasteiger partial charge >= 0.3 is 0 Å². The summed E-state index contributed by atoms with van der Waals surface area (Å²) in [5.41, 5.74) is 0.654. The van der Waals surface area contributed by atoms with Crippen molar-refractivity contribution in [3.8, 4) is 0 Å². The molecule has 0 radical (unpaired) electrons. The quantitative estimate of drug-likeness (QED) is 0.754. The van der Waals surface area contributed by atoms with E-state index in [4.69, 9.17) is 0 Å². The molecule has 0 amide bonds. The van der Waals surface area contributed by atoms with Crippen molar-refractivity contribution in [2.75, 3.05) is 19.3 Å². The number of likely N-dealkylation sites (tertiary alicyclic amines) is 1. The standard InChI is InChI=1S/C15H21NO3S/c1-20(18,19)15(16-11-5-6-12-16)10-9-14(17)13-7-3-2-4-8-13/h2-4,7-8,15H,5-6,9-12H2,1H3. The summed E-state index contributed by atoms with van der Waals surface area (Å²) in [5, 5.41) is -0.516. The SMILES string of the molecule is CS(=O)(=O)C(CCC(=O)c1ccccc1)N1CCCC1. The van der Waals surface area contributed by atoms with Crippen molar-refractivity contribution in [1.29, 1.82) is 0 Å². The van der Waals surface area contributed by atoms with Crippen molar-refractivity contribution in [3.63, 3.8) is 0 Å². The third kappa shape index (κ3) is 3.90. The Kier molecular flexibility index (Phi) is 4.94. The highest BCUT2D eigenvalue weighted by Gasteiger charge is 2.30. The summed E-state index contributed by atoms with van der Waals surface area (Å²) in [5.74, 6) is 0.0125. The van der Waals surface area contributed by atoms with Gasteiger partial charge in [0.2, 0.25) is 0 Å². The van der Waals surface area contributed by atoms with E-state index in [0.29, 0.717) is 12.0 Å². The van der Waals surface area contributed by atoms with Crippen molar-refractivity contribution in [3.05, 3.63) is 35.9 Å². The molecule has 1 saturated heterocycles. The molecule has 1 aromatic carbocycles. The van der Waals surface area contributed by atoms with Gasteiger partial charge in [-0.1, -0.05) is 30.3 Å². The normalized spacial score (nSPS) is 18.1. The van der Waals surface area contributed by atoms with Crippen molar-refractivity contribution >= 4 is 15.6 Å². The fourth-order valence-electron chi connectivity index (χ4n) is 2.72. The number of hydrogen-bond donors (Lipinski definition) is 0. The van der Waals surface area contributed by atoms with Crippen LogP contribution < -0.4 is 0 Å². The first-order chi connectivity index (χ1) is 9.48. The molecule has 0 bridgehead atoms. The average Bonchev–Trinajstić information content (AvgIpc) is 2.92. The molecule has 5 heteroatoms. The Morgan fingerprint density at radius 1 is 1.20 bits per heavy atom. The lowest BCUT2D eigenvalue weighted by atomic mass is 10.1. The third-order valence-electron chi connectivity index (χ3n) is 3.76. The molecule has 4 nitrogen and oxygen atoms in total. The van der Waals surface area contributed by atoms with E-state index in [0.717, 1.165) is 25.9 Å². The smallest absolute Gasteiger partial charge is 0.163 e. The zero-order valence-electron chi connectivity index (χ0n) is 11.8. The van der Waals surface area contributed by atoms with E-state index in [1.54, 1.807) is 12.1 Å². The molecule has 110 valence electrons. The number of nitrogens with zero attached hydrogens (tertiary/aromatic N) is 1. The molecule has 1 unspecified atom stereocenters. The number of ketones is 1. The van der Waals surface area contributed by atoms with Crippen LogP contribution >= 0.6 is 0 Å².